The number of halogens is 3. The standard InChI is InChI=1S/C29H27F3N2O4S/c30-21-5-3-7-23-25(21)33-27(39-23)29(35)16-10-11-17(29)13-18(12-16)36-14-20-24(34-38-26(20)15-8-9-15)19-4-1-2-6-22(19)37-28(31)32/h1-7,15-18,28,35H,8-14H2/t16-,17+,18-,29+. The van der Waals surface area contributed by atoms with Gasteiger partial charge < -0.3 is 19.1 Å². The van der Waals surface area contributed by atoms with E-state index in [0.717, 1.165) is 41.7 Å². The van der Waals surface area contributed by atoms with E-state index in [1.165, 1.54) is 23.5 Å². The van der Waals surface area contributed by atoms with E-state index in [2.05, 4.69) is 10.1 Å². The van der Waals surface area contributed by atoms with Gasteiger partial charge in [0, 0.05) is 17.0 Å². The summed E-state index contributed by atoms with van der Waals surface area (Å²) in [5, 5.41) is 16.7. The zero-order valence-electron chi connectivity index (χ0n) is 21.0. The molecule has 2 aromatic heterocycles. The van der Waals surface area contributed by atoms with Gasteiger partial charge in [0.1, 0.15) is 39.1 Å². The summed E-state index contributed by atoms with van der Waals surface area (Å²) in [5.74, 6) is 0.561. The number of ether oxygens (including phenoxy) is 2. The molecule has 1 N–H and O–H groups in total. The molecule has 4 atom stereocenters. The maximum absolute atomic E-state index is 14.3. The van der Waals surface area contributed by atoms with Gasteiger partial charge in [0.05, 0.1) is 17.4 Å². The number of aromatic nitrogens is 2. The first-order chi connectivity index (χ1) is 18.9. The second kappa shape index (κ2) is 9.60. The summed E-state index contributed by atoms with van der Waals surface area (Å²) in [6.45, 7) is -2.73. The second-order valence-electron chi connectivity index (χ2n) is 10.8. The molecule has 3 saturated carbocycles. The van der Waals surface area contributed by atoms with Crippen molar-refractivity contribution in [3.05, 3.63) is 64.6 Å². The average Bonchev–Trinajstić information content (AvgIpc) is 3.48. The van der Waals surface area contributed by atoms with Crippen LogP contribution in [0.5, 0.6) is 5.75 Å². The van der Waals surface area contributed by atoms with Gasteiger partial charge in [0.2, 0.25) is 0 Å². The van der Waals surface area contributed by atoms with E-state index >= 15 is 0 Å². The third-order valence-corrected chi connectivity index (χ3v) is 9.66. The molecule has 0 spiro atoms. The van der Waals surface area contributed by atoms with Crippen LogP contribution in [-0.4, -0.2) is 28.0 Å². The summed E-state index contributed by atoms with van der Waals surface area (Å²) < 4.78 is 58.1. The summed E-state index contributed by atoms with van der Waals surface area (Å²) in [6.07, 6.45) is 4.87. The molecule has 0 aliphatic heterocycles. The summed E-state index contributed by atoms with van der Waals surface area (Å²) in [6, 6.07) is 11.5. The monoisotopic (exact) mass is 556 g/mol. The highest BCUT2D eigenvalue weighted by Gasteiger charge is 2.56. The number of alkyl halides is 2. The molecule has 204 valence electrons. The molecule has 3 aliphatic carbocycles. The highest BCUT2D eigenvalue weighted by molar-refractivity contribution is 7.18. The smallest absolute Gasteiger partial charge is 0.387 e. The predicted molar refractivity (Wildman–Crippen MR) is 138 cm³/mol. The first kappa shape index (κ1) is 25.0. The van der Waals surface area contributed by atoms with Crippen LogP contribution < -0.4 is 4.74 Å². The van der Waals surface area contributed by atoms with Gasteiger partial charge in [-0.3, -0.25) is 0 Å². The molecule has 2 aromatic carbocycles. The lowest BCUT2D eigenvalue weighted by molar-refractivity contribution is -0.116. The number of aliphatic hydroxyl groups is 1. The van der Waals surface area contributed by atoms with Gasteiger partial charge in [-0.25, -0.2) is 9.37 Å². The number of benzene rings is 2. The van der Waals surface area contributed by atoms with E-state index < -0.39 is 12.2 Å². The Hall–Kier alpha value is -2.95. The largest absolute Gasteiger partial charge is 0.434 e. The van der Waals surface area contributed by atoms with E-state index in [-0.39, 0.29) is 42.0 Å². The molecule has 3 aliphatic rings. The first-order valence-corrected chi connectivity index (χ1v) is 14.2. The van der Waals surface area contributed by atoms with Crippen LogP contribution in [0.2, 0.25) is 0 Å². The molecule has 10 heteroatoms. The Morgan fingerprint density at radius 2 is 1.82 bits per heavy atom. The van der Waals surface area contributed by atoms with Crippen molar-refractivity contribution in [3.8, 4) is 17.0 Å². The normalized spacial score (nSPS) is 26.5. The predicted octanol–water partition coefficient (Wildman–Crippen LogP) is 7.16. The third kappa shape index (κ3) is 4.33. The third-order valence-electron chi connectivity index (χ3n) is 8.50. The van der Waals surface area contributed by atoms with Crippen molar-refractivity contribution < 1.29 is 32.3 Å². The summed E-state index contributed by atoms with van der Waals surface area (Å²) in [7, 11) is 0. The topological polar surface area (TPSA) is 77.6 Å². The molecule has 6 nitrogen and oxygen atoms in total. The van der Waals surface area contributed by atoms with Gasteiger partial charge in [-0.1, -0.05) is 23.4 Å². The van der Waals surface area contributed by atoms with Gasteiger partial charge in [-0.15, -0.1) is 11.3 Å². The molecule has 2 bridgehead atoms. The molecular formula is C29H27F3N2O4S. The fraction of sp³-hybridized carbons (Fsp3) is 0.448. The summed E-state index contributed by atoms with van der Waals surface area (Å²) in [5.41, 5.74) is 0.876. The number of para-hydroxylation sites is 2. The number of thiazole rings is 1. The minimum absolute atomic E-state index is 0.0393. The van der Waals surface area contributed by atoms with Crippen LogP contribution in [-0.2, 0) is 16.9 Å². The lowest BCUT2D eigenvalue weighted by Crippen LogP contribution is -2.44. The maximum atomic E-state index is 14.3. The van der Waals surface area contributed by atoms with Gasteiger partial charge >= 0.3 is 6.61 Å². The van der Waals surface area contributed by atoms with Crippen LogP contribution in [0.1, 0.15) is 60.8 Å². The van der Waals surface area contributed by atoms with E-state index in [1.807, 2.05) is 6.07 Å². The van der Waals surface area contributed by atoms with E-state index in [4.69, 9.17) is 14.0 Å². The molecule has 0 saturated heterocycles. The molecule has 39 heavy (non-hydrogen) atoms. The van der Waals surface area contributed by atoms with Crippen molar-refractivity contribution in [2.45, 2.75) is 69.4 Å². The molecule has 0 unspecified atom stereocenters. The number of fused-ring (bicyclic) bond motifs is 3. The van der Waals surface area contributed by atoms with Gasteiger partial charge in [-0.05, 0) is 74.6 Å². The van der Waals surface area contributed by atoms with Crippen LogP contribution >= 0.6 is 11.3 Å². The van der Waals surface area contributed by atoms with Crippen LogP contribution in [0.25, 0.3) is 21.5 Å². The van der Waals surface area contributed by atoms with Crippen molar-refractivity contribution in [1.29, 1.82) is 0 Å². The van der Waals surface area contributed by atoms with E-state index in [1.54, 1.807) is 24.3 Å². The Morgan fingerprint density at radius 3 is 2.54 bits per heavy atom. The van der Waals surface area contributed by atoms with Gasteiger partial charge in [-0.2, -0.15) is 8.78 Å². The Labute approximate surface area is 226 Å². The second-order valence-corrected chi connectivity index (χ2v) is 11.9. The number of hydrogen-bond donors (Lipinski definition) is 1. The molecule has 0 amide bonds. The lowest BCUT2D eigenvalue weighted by atomic mass is 9.73. The molecule has 7 rings (SSSR count). The highest BCUT2D eigenvalue weighted by Crippen LogP contribution is 2.57. The van der Waals surface area contributed by atoms with Crippen LogP contribution in [0.4, 0.5) is 13.2 Å². The van der Waals surface area contributed by atoms with Gasteiger partial charge in [0.15, 0.2) is 0 Å². The summed E-state index contributed by atoms with van der Waals surface area (Å²) >= 11 is 1.37. The van der Waals surface area contributed by atoms with E-state index in [0.29, 0.717) is 34.6 Å². The van der Waals surface area contributed by atoms with Crippen molar-refractivity contribution in [2.75, 3.05) is 0 Å². The highest BCUT2D eigenvalue weighted by atomic mass is 32.1. The van der Waals surface area contributed by atoms with Crippen molar-refractivity contribution >= 4 is 21.6 Å². The Bertz CT molecular complexity index is 1500. The number of nitrogens with zero attached hydrogens (tertiary/aromatic N) is 2. The zero-order valence-corrected chi connectivity index (χ0v) is 21.8. The van der Waals surface area contributed by atoms with Crippen molar-refractivity contribution in [2.24, 2.45) is 11.8 Å². The Balaban J connectivity index is 1.12. The molecule has 0 radical (unpaired) electrons. The molecular weight excluding hydrogens is 529 g/mol. The van der Waals surface area contributed by atoms with Gasteiger partial charge in [0.25, 0.3) is 0 Å². The average molecular weight is 557 g/mol. The SMILES string of the molecule is O[C@@]1(c2nc3c(F)cccc3s2)[C@@H]2CC[C@H]1C[C@H](OCc1c(-c3ccccc3OC(F)F)noc1C1CC1)C2. The van der Waals surface area contributed by atoms with Crippen LogP contribution in [0.3, 0.4) is 0 Å². The molecule has 4 aromatic rings. The van der Waals surface area contributed by atoms with E-state index in [9.17, 15) is 18.3 Å². The number of hydrogen-bond acceptors (Lipinski definition) is 7. The maximum Gasteiger partial charge on any atom is 0.387 e. The van der Waals surface area contributed by atoms with Crippen LogP contribution in [0, 0.1) is 17.7 Å². The lowest BCUT2D eigenvalue weighted by Gasteiger charge is -2.41. The zero-order chi connectivity index (χ0) is 26.7. The molecule has 3 fully saturated rings. The van der Waals surface area contributed by atoms with Crippen LogP contribution in [0.15, 0.2) is 47.0 Å². The van der Waals surface area contributed by atoms with Crippen molar-refractivity contribution in [1.82, 2.24) is 10.1 Å². The Morgan fingerprint density at radius 1 is 1.05 bits per heavy atom. The quantitative estimate of drug-likeness (QED) is 0.248. The minimum Gasteiger partial charge on any atom is -0.434 e. The minimum atomic E-state index is -2.95. The number of rotatable bonds is 8. The first-order valence-electron chi connectivity index (χ1n) is 13.3. The summed E-state index contributed by atoms with van der Waals surface area (Å²) in [4.78, 5) is 4.54. The fourth-order valence-corrected chi connectivity index (χ4v) is 7.70. The van der Waals surface area contributed by atoms with Crippen molar-refractivity contribution in [3.63, 3.8) is 0 Å². The fourth-order valence-electron chi connectivity index (χ4n) is 6.47. The molecule has 2 heterocycles. The Kier molecular flexibility index (Phi) is 6.17.